The van der Waals surface area contributed by atoms with E-state index >= 15 is 0 Å². The first kappa shape index (κ1) is 14.2. The Kier molecular flexibility index (Phi) is 5.05. The highest BCUT2D eigenvalue weighted by molar-refractivity contribution is 8.00. The van der Waals surface area contributed by atoms with Gasteiger partial charge in [-0.15, -0.1) is 23.1 Å². The molecule has 0 saturated carbocycles. The summed E-state index contributed by atoms with van der Waals surface area (Å²) in [6.45, 7) is 4.63. The minimum Gasteiger partial charge on any atom is -0.350 e. The van der Waals surface area contributed by atoms with E-state index in [2.05, 4.69) is 24.4 Å². The molecule has 2 nitrogen and oxygen atoms in total. The van der Waals surface area contributed by atoms with E-state index in [1.165, 1.54) is 15.3 Å². The highest BCUT2D eigenvalue weighted by Crippen LogP contribution is 2.26. The van der Waals surface area contributed by atoms with Crippen molar-refractivity contribution in [2.45, 2.75) is 30.5 Å². The third-order valence-electron chi connectivity index (χ3n) is 2.78. The molecule has 1 amide bonds. The number of aryl methyl sites for hydroxylation is 1. The van der Waals surface area contributed by atoms with E-state index in [1.54, 1.807) is 23.1 Å². The summed E-state index contributed by atoms with van der Waals surface area (Å²) >= 11 is 3.27. The Bertz CT molecular complexity index is 537. The molecular weight excluding hydrogens is 274 g/mol. The van der Waals surface area contributed by atoms with Gasteiger partial charge >= 0.3 is 0 Å². The number of carbonyl (C=O) groups excluding carboxylic acids is 1. The Hall–Kier alpha value is -1.26. The molecule has 1 unspecified atom stereocenters. The maximum Gasteiger partial charge on any atom is 0.233 e. The maximum atomic E-state index is 12.0. The highest BCUT2D eigenvalue weighted by atomic mass is 32.2. The summed E-state index contributed by atoms with van der Waals surface area (Å²) in [6, 6.07) is 12.2. The number of nitrogens with one attached hydrogen (secondary N) is 1. The monoisotopic (exact) mass is 291 g/mol. The van der Waals surface area contributed by atoms with E-state index < -0.39 is 0 Å². The smallest absolute Gasteiger partial charge is 0.233 e. The number of thiophene rings is 1. The second kappa shape index (κ2) is 6.78. The molecule has 100 valence electrons. The van der Waals surface area contributed by atoms with Crippen LogP contribution in [0.3, 0.4) is 0 Å². The van der Waals surface area contributed by atoms with Gasteiger partial charge in [-0.05, 0) is 36.9 Å². The number of amides is 1. The van der Waals surface area contributed by atoms with Crippen LogP contribution in [0.15, 0.2) is 46.7 Å². The molecule has 0 aliphatic carbocycles. The van der Waals surface area contributed by atoms with Crippen molar-refractivity contribution in [1.82, 2.24) is 5.32 Å². The predicted molar refractivity (Wildman–Crippen MR) is 82.7 cm³/mol. The predicted octanol–water partition coefficient (Wildman–Crippen LogP) is 3.85. The fraction of sp³-hybridized carbons (Fsp3) is 0.267. The third kappa shape index (κ3) is 4.11. The van der Waals surface area contributed by atoms with Crippen LogP contribution in [0.1, 0.15) is 17.4 Å². The quantitative estimate of drug-likeness (QED) is 0.848. The zero-order valence-electron chi connectivity index (χ0n) is 11.1. The van der Waals surface area contributed by atoms with Gasteiger partial charge in [-0.2, -0.15) is 0 Å². The molecule has 1 heterocycles. The normalized spacial score (nSPS) is 12.1. The van der Waals surface area contributed by atoms with Crippen LogP contribution in [0.4, 0.5) is 0 Å². The molecule has 1 aromatic carbocycles. The standard InChI is InChI=1S/C15H17NOS2/c1-11-6-3-4-8-14(11)19-12(2)15(17)16-10-13-7-5-9-18-13/h3-9,12H,10H2,1-2H3,(H,16,17). The van der Waals surface area contributed by atoms with E-state index in [0.717, 1.165) is 0 Å². The van der Waals surface area contributed by atoms with Crippen LogP contribution in [0.2, 0.25) is 0 Å². The van der Waals surface area contributed by atoms with E-state index in [0.29, 0.717) is 6.54 Å². The zero-order valence-corrected chi connectivity index (χ0v) is 12.7. The van der Waals surface area contributed by atoms with Crippen molar-refractivity contribution in [2.24, 2.45) is 0 Å². The second-order valence-corrected chi connectivity index (χ2v) is 6.74. The van der Waals surface area contributed by atoms with Crippen molar-refractivity contribution in [3.8, 4) is 0 Å². The number of hydrogen-bond acceptors (Lipinski definition) is 3. The average molecular weight is 291 g/mol. The molecule has 1 N–H and O–H groups in total. The van der Waals surface area contributed by atoms with Crippen molar-refractivity contribution < 1.29 is 4.79 Å². The Morgan fingerprint density at radius 3 is 2.79 bits per heavy atom. The number of thioether (sulfide) groups is 1. The van der Waals surface area contributed by atoms with Crippen molar-refractivity contribution >= 4 is 29.0 Å². The van der Waals surface area contributed by atoms with Gasteiger partial charge in [-0.3, -0.25) is 4.79 Å². The fourth-order valence-corrected chi connectivity index (χ4v) is 3.29. The van der Waals surface area contributed by atoms with Crippen LogP contribution >= 0.6 is 23.1 Å². The summed E-state index contributed by atoms with van der Waals surface area (Å²) in [7, 11) is 0. The number of hydrogen-bond donors (Lipinski definition) is 1. The van der Waals surface area contributed by atoms with Crippen molar-refractivity contribution in [2.75, 3.05) is 0 Å². The molecule has 0 fully saturated rings. The summed E-state index contributed by atoms with van der Waals surface area (Å²) in [6.07, 6.45) is 0. The van der Waals surface area contributed by atoms with Gasteiger partial charge in [-0.1, -0.05) is 24.3 Å². The van der Waals surface area contributed by atoms with Gasteiger partial charge in [0.05, 0.1) is 11.8 Å². The minimum atomic E-state index is -0.0823. The number of rotatable bonds is 5. The lowest BCUT2D eigenvalue weighted by Crippen LogP contribution is -2.30. The molecule has 1 aromatic heterocycles. The van der Waals surface area contributed by atoms with E-state index in [1.807, 2.05) is 36.6 Å². The fourth-order valence-electron chi connectivity index (χ4n) is 1.66. The maximum absolute atomic E-state index is 12.0. The van der Waals surface area contributed by atoms with Gasteiger partial charge < -0.3 is 5.32 Å². The molecule has 0 bridgehead atoms. The molecule has 1 atom stereocenters. The van der Waals surface area contributed by atoms with Crippen LogP contribution in [0, 0.1) is 6.92 Å². The van der Waals surface area contributed by atoms with Gasteiger partial charge in [-0.25, -0.2) is 0 Å². The number of carbonyl (C=O) groups is 1. The summed E-state index contributed by atoms with van der Waals surface area (Å²) in [4.78, 5) is 14.4. The first-order chi connectivity index (χ1) is 9.16. The largest absolute Gasteiger partial charge is 0.350 e. The number of benzene rings is 1. The van der Waals surface area contributed by atoms with E-state index in [9.17, 15) is 4.79 Å². The van der Waals surface area contributed by atoms with Crippen LogP contribution in [-0.4, -0.2) is 11.2 Å². The molecule has 0 aliphatic rings. The summed E-state index contributed by atoms with van der Waals surface area (Å²) in [5, 5.41) is 4.91. The molecule has 0 spiro atoms. The molecule has 0 saturated heterocycles. The van der Waals surface area contributed by atoms with Gasteiger partial charge in [0, 0.05) is 9.77 Å². The zero-order chi connectivity index (χ0) is 13.7. The molecule has 2 aromatic rings. The second-order valence-electron chi connectivity index (χ2n) is 4.32. The van der Waals surface area contributed by atoms with Crippen molar-refractivity contribution in [3.63, 3.8) is 0 Å². The highest BCUT2D eigenvalue weighted by Gasteiger charge is 2.14. The van der Waals surface area contributed by atoms with Crippen LogP contribution in [-0.2, 0) is 11.3 Å². The van der Waals surface area contributed by atoms with Crippen LogP contribution in [0.5, 0.6) is 0 Å². The SMILES string of the molecule is Cc1ccccc1SC(C)C(=O)NCc1cccs1. The average Bonchev–Trinajstić information content (AvgIpc) is 2.91. The van der Waals surface area contributed by atoms with Crippen LogP contribution in [0.25, 0.3) is 0 Å². The van der Waals surface area contributed by atoms with Gasteiger partial charge in [0.2, 0.25) is 5.91 Å². The Balaban J connectivity index is 1.87. The lowest BCUT2D eigenvalue weighted by molar-refractivity contribution is -0.120. The molecule has 19 heavy (non-hydrogen) atoms. The van der Waals surface area contributed by atoms with Crippen molar-refractivity contribution in [1.29, 1.82) is 0 Å². The van der Waals surface area contributed by atoms with Gasteiger partial charge in [0.1, 0.15) is 0 Å². The lowest BCUT2D eigenvalue weighted by Gasteiger charge is -2.12. The third-order valence-corrected chi connectivity index (χ3v) is 4.94. The molecular formula is C15H17NOS2. The van der Waals surface area contributed by atoms with Gasteiger partial charge in [0.25, 0.3) is 0 Å². The molecule has 4 heteroatoms. The van der Waals surface area contributed by atoms with E-state index in [-0.39, 0.29) is 11.2 Å². The van der Waals surface area contributed by atoms with E-state index in [4.69, 9.17) is 0 Å². The molecule has 0 radical (unpaired) electrons. The Labute approximate surface area is 122 Å². The van der Waals surface area contributed by atoms with Crippen molar-refractivity contribution in [3.05, 3.63) is 52.2 Å². The van der Waals surface area contributed by atoms with Crippen LogP contribution < -0.4 is 5.32 Å². The Morgan fingerprint density at radius 2 is 2.11 bits per heavy atom. The lowest BCUT2D eigenvalue weighted by atomic mass is 10.2. The first-order valence-electron chi connectivity index (χ1n) is 6.19. The minimum absolute atomic E-state index is 0.0823. The summed E-state index contributed by atoms with van der Waals surface area (Å²) in [5.74, 6) is 0.0849. The molecule has 0 aliphatic heterocycles. The van der Waals surface area contributed by atoms with Gasteiger partial charge in [0.15, 0.2) is 0 Å². The topological polar surface area (TPSA) is 29.1 Å². The molecule has 2 rings (SSSR count). The Morgan fingerprint density at radius 1 is 1.32 bits per heavy atom. The summed E-state index contributed by atoms with van der Waals surface area (Å²) < 4.78 is 0. The first-order valence-corrected chi connectivity index (χ1v) is 7.95. The summed E-state index contributed by atoms with van der Waals surface area (Å²) in [5.41, 5.74) is 1.21.